The Kier molecular flexibility index (Phi) is 6.12. The number of aliphatic hydroxyl groups excluding tert-OH is 1. The summed E-state index contributed by atoms with van der Waals surface area (Å²) in [6.07, 6.45) is -0.387. The smallest absolute Gasteiger partial charge is 0.123 e. The van der Waals surface area contributed by atoms with Gasteiger partial charge in [-0.05, 0) is 44.2 Å². The molecule has 0 spiro atoms. The molecule has 1 rings (SSSR count). The van der Waals surface area contributed by atoms with Crippen molar-refractivity contribution in [3.63, 3.8) is 0 Å². The molecule has 0 bridgehead atoms. The second-order valence-electron chi connectivity index (χ2n) is 4.53. The van der Waals surface area contributed by atoms with Crippen molar-refractivity contribution in [2.24, 2.45) is 0 Å². The zero-order valence-corrected chi connectivity index (χ0v) is 12.2. The van der Waals surface area contributed by atoms with Crippen LogP contribution < -0.4 is 5.32 Å². The first kappa shape index (κ1) is 15.5. The summed E-state index contributed by atoms with van der Waals surface area (Å²) < 4.78 is 13.4. The fraction of sp³-hybridized carbons (Fsp3) is 0.571. The quantitative estimate of drug-likeness (QED) is 0.778. The van der Waals surface area contributed by atoms with Crippen molar-refractivity contribution in [2.45, 2.75) is 50.0 Å². The Hall–Kier alpha value is -0.580. The van der Waals surface area contributed by atoms with E-state index in [2.05, 4.69) is 5.32 Å². The molecule has 3 atom stereocenters. The van der Waals surface area contributed by atoms with Gasteiger partial charge in [0.2, 0.25) is 0 Å². The van der Waals surface area contributed by atoms with Crippen molar-refractivity contribution in [2.75, 3.05) is 6.54 Å². The van der Waals surface area contributed by atoms with Gasteiger partial charge in [0.25, 0.3) is 0 Å². The highest BCUT2D eigenvalue weighted by atomic mass is 32.2. The first-order chi connectivity index (χ1) is 8.45. The maximum Gasteiger partial charge on any atom is 0.123 e. The topological polar surface area (TPSA) is 32.3 Å². The Labute approximate surface area is 113 Å². The largest absolute Gasteiger partial charge is 0.392 e. The van der Waals surface area contributed by atoms with E-state index >= 15 is 0 Å². The van der Waals surface area contributed by atoms with E-state index in [4.69, 9.17) is 0 Å². The first-order valence-electron chi connectivity index (χ1n) is 6.33. The van der Waals surface area contributed by atoms with Gasteiger partial charge in [0, 0.05) is 16.2 Å². The maximum atomic E-state index is 13.4. The van der Waals surface area contributed by atoms with Gasteiger partial charge < -0.3 is 10.4 Å². The molecule has 0 aliphatic rings. The van der Waals surface area contributed by atoms with Crippen molar-refractivity contribution in [3.8, 4) is 0 Å². The van der Waals surface area contributed by atoms with Crippen molar-refractivity contribution in [1.82, 2.24) is 5.32 Å². The van der Waals surface area contributed by atoms with Crippen molar-refractivity contribution < 1.29 is 9.50 Å². The Bertz CT molecular complexity index is 384. The molecular formula is C14H22FNOS. The van der Waals surface area contributed by atoms with Crippen LogP contribution in [-0.4, -0.2) is 23.0 Å². The van der Waals surface area contributed by atoms with Crippen molar-refractivity contribution in [3.05, 3.63) is 29.6 Å². The van der Waals surface area contributed by atoms with Gasteiger partial charge in [-0.2, -0.15) is 0 Å². The summed E-state index contributed by atoms with van der Waals surface area (Å²) >= 11 is 1.58. The molecular weight excluding hydrogens is 249 g/mol. The lowest BCUT2D eigenvalue weighted by atomic mass is 10.1. The highest BCUT2D eigenvalue weighted by Crippen LogP contribution is 2.32. The summed E-state index contributed by atoms with van der Waals surface area (Å²) in [5.74, 6) is -0.219. The highest BCUT2D eigenvalue weighted by molar-refractivity contribution is 8.00. The molecule has 3 unspecified atom stereocenters. The fourth-order valence-corrected chi connectivity index (χ4v) is 2.80. The van der Waals surface area contributed by atoms with Crippen LogP contribution in [-0.2, 0) is 0 Å². The summed E-state index contributed by atoms with van der Waals surface area (Å²) in [5.41, 5.74) is 0.953. The molecule has 0 aliphatic carbocycles. The van der Waals surface area contributed by atoms with Crippen LogP contribution in [0.4, 0.5) is 4.39 Å². The number of rotatable bonds is 6. The molecule has 0 aromatic heterocycles. The SMILES string of the molecule is CCNC(C)c1cc(F)ccc1SC(C)C(C)O. The Morgan fingerprint density at radius 2 is 2.00 bits per heavy atom. The zero-order chi connectivity index (χ0) is 13.7. The van der Waals surface area contributed by atoms with Gasteiger partial charge in [-0.15, -0.1) is 11.8 Å². The first-order valence-corrected chi connectivity index (χ1v) is 7.21. The summed E-state index contributed by atoms with van der Waals surface area (Å²) in [5, 5.41) is 12.9. The summed E-state index contributed by atoms with van der Waals surface area (Å²) in [4.78, 5) is 1.03. The van der Waals surface area contributed by atoms with Crippen molar-refractivity contribution >= 4 is 11.8 Å². The molecule has 0 saturated carbocycles. The second kappa shape index (κ2) is 7.12. The minimum Gasteiger partial charge on any atom is -0.392 e. The molecule has 0 fully saturated rings. The molecule has 4 heteroatoms. The van der Waals surface area contributed by atoms with E-state index in [0.717, 1.165) is 17.0 Å². The predicted octanol–water partition coefficient (Wildman–Crippen LogP) is 3.36. The van der Waals surface area contributed by atoms with E-state index < -0.39 is 0 Å². The number of benzene rings is 1. The van der Waals surface area contributed by atoms with Crippen LogP contribution in [0, 0.1) is 5.82 Å². The van der Waals surface area contributed by atoms with Gasteiger partial charge in [-0.1, -0.05) is 13.8 Å². The summed E-state index contributed by atoms with van der Waals surface area (Å²) in [7, 11) is 0. The third-order valence-corrected chi connectivity index (χ3v) is 4.33. The third kappa shape index (κ3) is 4.26. The van der Waals surface area contributed by atoms with Gasteiger partial charge in [0.05, 0.1) is 6.10 Å². The monoisotopic (exact) mass is 271 g/mol. The number of hydrogen-bond donors (Lipinski definition) is 2. The van der Waals surface area contributed by atoms with E-state index in [1.807, 2.05) is 20.8 Å². The van der Waals surface area contributed by atoms with Gasteiger partial charge in [0.1, 0.15) is 5.82 Å². The molecule has 0 radical (unpaired) electrons. The molecule has 2 N–H and O–H groups in total. The molecule has 2 nitrogen and oxygen atoms in total. The van der Waals surface area contributed by atoms with Gasteiger partial charge in [0.15, 0.2) is 0 Å². The lowest BCUT2D eigenvalue weighted by Crippen LogP contribution is -2.20. The molecule has 0 aliphatic heterocycles. The standard InChI is InChI=1S/C14H22FNOS/c1-5-16-9(2)13-8-12(15)6-7-14(13)18-11(4)10(3)17/h6-11,16-17H,5H2,1-4H3. The van der Waals surface area contributed by atoms with Crippen LogP contribution in [0.3, 0.4) is 0 Å². The van der Waals surface area contributed by atoms with E-state index in [1.54, 1.807) is 30.8 Å². The molecule has 102 valence electrons. The van der Waals surface area contributed by atoms with E-state index in [-0.39, 0.29) is 23.2 Å². The molecule has 1 aromatic rings. The van der Waals surface area contributed by atoms with Crippen LogP contribution in [0.2, 0.25) is 0 Å². The van der Waals surface area contributed by atoms with E-state index in [1.165, 1.54) is 6.07 Å². The number of thioether (sulfide) groups is 1. The predicted molar refractivity (Wildman–Crippen MR) is 75.5 cm³/mol. The minimum absolute atomic E-state index is 0.0861. The number of hydrogen-bond acceptors (Lipinski definition) is 3. The Balaban J connectivity index is 2.96. The average molecular weight is 271 g/mol. The van der Waals surface area contributed by atoms with Crippen LogP contribution in [0.25, 0.3) is 0 Å². The normalized spacial score (nSPS) is 16.3. The van der Waals surface area contributed by atoms with Crippen molar-refractivity contribution in [1.29, 1.82) is 0 Å². The van der Waals surface area contributed by atoms with Crippen LogP contribution in [0.1, 0.15) is 39.3 Å². The average Bonchev–Trinajstić information content (AvgIpc) is 2.31. The number of aliphatic hydroxyl groups is 1. The maximum absolute atomic E-state index is 13.4. The molecule has 1 aromatic carbocycles. The van der Waals surface area contributed by atoms with Crippen LogP contribution >= 0.6 is 11.8 Å². The number of nitrogens with one attached hydrogen (secondary N) is 1. The Morgan fingerprint density at radius 3 is 2.56 bits per heavy atom. The van der Waals surface area contributed by atoms with E-state index in [0.29, 0.717) is 0 Å². The Morgan fingerprint density at radius 1 is 1.33 bits per heavy atom. The summed E-state index contributed by atoms with van der Waals surface area (Å²) in [6.45, 7) is 8.64. The summed E-state index contributed by atoms with van der Waals surface area (Å²) in [6, 6.07) is 4.94. The molecule has 0 saturated heterocycles. The minimum atomic E-state index is -0.387. The molecule has 0 heterocycles. The van der Waals surface area contributed by atoms with Crippen LogP contribution in [0.5, 0.6) is 0 Å². The van der Waals surface area contributed by atoms with Crippen LogP contribution in [0.15, 0.2) is 23.1 Å². The van der Waals surface area contributed by atoms with E-state index in [9.17, 15) is 9.50 Å². The zero-order valence-electron chi connectivity index (χ0n) is 11.4. The number of halogens is 1. The lowest BCUT2D eigenvalue weighted by Gasteiger charge is -2.20. The van der Waals surface area contributed by atoms with Gasteiger partial charge >= 0.3 is 0 Å². The molecule has 0 amide bonds. The third-order valence-electron chi connectivity index (χ3n) is 2.94. The van der Waals surface area contributed by atoms with Gasteiger partial charge in [-0.25, -0.2) is 4.39 Å². The van der Waals surface area contributed by atoms with Gasteiger partial charge in [-0.3, -0.25) is 0 Å². The molecule has 18 heavy (non-hydrogen) atoms. The lowest BCUT2D eigenvalue weighted by molar-refractivity contribution is 0.196. The fourth-order valence-electron chi connectivity index (χ4n) is 1.68. The highest BCUT2D eigenvalue weighted by Gasteiger charge is 2.16. The second-order valence-corrected chi connectivity index (χ2v) is 5.94.